The van der Waals surface area contributed by atoms with Crippen LogP contribution in [0.15, 0.2) is 0 Å². The highest BCUT2D eigenvalue weighted by Crippen LogP contribution is 2.37. The van der Waals surface area contributed by atoms with Gasteiger partial charge in [-0.1, -0.05) is 106 Å². The Morgan fingerprint density at radius 3 is 1.58 bits per heavy atom. The highest BCUT2D eigenvalue weighted by molar-refractivity contribution is 4.76. The third-order valence-electron chi connectivity index (χ3n) is 4.46. The highest BCUT2D eigenvalue weighted by Gasteiger charge is 2.25. The predicted molar refractivity (Wildman–Crippen MR) is 91.7 cm³/mol. The first-order valence-corrected chi connectivity index (χ1v) is 9.29. The van der Waals surface area contributed by atoms with Crippen molar-refractivity contribution in [3.63, 3.8) is 0 Å². The van der Waals surface area contributed by atoms with Gasteiger partial charge in [-0.3, -0.25) is 0 Å². The highest BCUT2D eigenvalue weighted by atomic mass is 14.3. The minimum atomic E-state index is 0.991. The number of hydrogen-bond acceptors (Lipinski definition) is 0. The molecule has 0 bridgehead atoms. The minimum Gasteiger partial charge on any atom is -0.0683 e. The molecule has 1 saturated carbocycles. The first-order chi connectivity index (χ1) is 9.29. The molecule has 0 spiro atoms. The van der Waals surface area contributed by atoms with Crippen molar-refractivity contribution >= 4 is 0 Å². The standard InChI is InChI=1S/C15H30.2C2H6/c1-4-9-14(10-5-2)13(3)15-11-7-6-8-12-15;2*1-2/h13-15H,4-12H2,1-3H3;2*1-2H3. The Labute approximate surface area is 124 Å². The van der Waals surface area contributed by atoms with Crippen LogP contribution in [0.25, 0.3) is 0 Å². The molecule has 0 saturated heterocycles. The predicted octanol–water partition coefficient (Wildman–Crippen LogP) is 7.47. The lowest BCUT2D eigenvalue weighted by atomic mass is 9.72. The van der Waals surface area contributed by atoms with Gasteiger partial charge < -0.3 is 0 Å². The van der Waals surface area contributed by atoms with Crippen LogP contribution in [0.3, 0.4) is 0 Å². The zero-order valence-corrected chi connectivity index (χ0v) is 15.1. The maximum Gasteiger partial charge on any atom is -0.0386 e. The molecular formula is C19H42. The molecule has 0 N–H and O–H groups in total. The van der Waals surface area contributed by atoms with E-state index in [1.165, 1.54) is 57.8 Å². The SMILES string of the molecule is CC.CC.CCCC(CCC)C(C)C1CCCCC1. The van der Waals surface area contributed by atoms with Gasteiger partial charge in [0.15, 0.2) is 0 Å². The molecule has 0 amide bonds. The quantitative estimate of drug-likeness (QED) is 0.469. The summed E-state index contributed by atoms with van der Waals surface area (Å²) in [5, 5.41) is 0. The average Bonchev–Trinajstić information content (AvgIpc) is 2.51. The molecule has 19 heavy (non-hydrogen) atoms. The summed E-state index contributed by atoms with van der Waals surface area (Å²) in [7, 11) is 0. The fraction of sp³-hybridized carbons (Fsp3) is 1.00. The van der Waals surface area contributed by atoms with E-state index >= 15 is 0 Å². The van der Waals surface area contributed by atoms with Crippen LogP contribution in [0.4, 0.5) is 0 Å². The van der Waals surface area contributed by atoms with Crippen LogP contribution in [0.2, 0.25) is 0 Å². The molecule has 0 aromatic rings. The maximum absolute atomic E-state index is 2.53. The van der Waals surface area contributed by atoms with Crippen LogP contribution in [0.5, 0.6) is 0 Å². The summed E-state index contributed by atoms with van der Waals surface area (Å²) in [5.74, 6) is 3.06. The van der Waals surface area contributed by atoms with Crippen molar-refractivity contribution in [1.29, 1.82) is 0 Å². The second-order valence-electron chi connectivity index (χ2n) is 5.59. The Balaban J connectivity index is 0. The summed E-state index contributed by atoms with van der Waals surface area (Å²) < 4.78 is 0. The molecule has 1 aliphatic rings. The van der Waals surface area contributed by atoms with Gasteiger partial charge in [-0.2, -0.15) is 0 Å². The van der Waals surface area contributed by atoms with Crippen molar-refractivity contribution in [3.05, 3.63) is 0 Å². The Morgan fingerprint density at radius 2 is 1.21 bits per heavy atom. The zero-order chi connectivity index (χ0) is 15.1. The molecule has 0 radical (unpaired) electrons. The van der Waals surface area contributed by atoms with E-state index in [9.17, 15) is 0 Å². The third kappa shape index (κ3) is 9.52. The molecule has 0 aliphatic heterocycles. The monoisotopic (exact) mass is 270 g/mol. The van der Waals surface area contributed by atoms with Gasteiger partial charge in [-0.15, -0.1) is 0 Å². The summed E-state index contributed by atoms with van der Waals surface area (Å²) in [5.41, 5.74) is 0. The Bertz CT molecular complexity index is 138. The molecule has 1 fully saturated rings. The van der Waals surface area contributed by atoms with E-state index in [0.29, 0.717) is 0 Å². The smallest absolute Gasteiger partial charge is 0.0386 e. The van der Waals surface area contributed by atoms with Gasteiger partial charge in [0.05, 0.1) is 0 Å². The van der Waals surface area contributed by atoms with Gasteiger partial charge >= 0.3 is 0 Å². The zero-order valence-electron chi connectivity index (χ0n) is 15.1. The van der Waals surface area contributed by atoms with E-state index in [2.05, 4.69) is 20.8 Å². The molecule has 118 valence electrons. The molecule has 1 atom stereocenters. The van der Waals surface area contributed by atoms with Gasteiger partial charge in [0.2, 0.25) is 0 Å². The molecule has 0 aromatic heterocycles. The van der Waals surface area contributed by atoms with E-state index in [0.717, 1.165) is 17.8 Å². The lowest BCUT2D eigenvalue weighted by Crippen LogP contribution is -2.23. The number of hydrogen-bond donors (Lipinski definition) is 0. The summed E-state index contributed by atoms with van der Waals surface area (Å²) in [4.78, 5) is 0. The summed E-state index contributed by atoms with van der Waals surface area (Å²) in [6, 6.07) is 0. The van der Waals surface area contributed by atoms with Crippen LogP contribution in [0, 0.1) is 17.8 Å². The summed E-state index contributed by atoms with van der Waals surface area (Å²) in [6.07, 6.45) is 13.2. The largest absolute Gasteiger partial charge is 0.0683 e. The Hall–Kier alpha value is 0. The van der Waals surface area contributed by atoms with E-state index in [4.69, 9.17) is 0 Å². The fourth-order valence-electron chi connectivity index (χ4n) is 3.46. The van der Waals surface area contributed by atoms with E-state index in [-0.39, 0.29) is 0 Å². The number of rotatable bonds is 6. The van der Waals surface area contributed by atoms with Crippen molar-refractivity contribution in [1.82, 2.24) is 0 Å². The molecule has 0 nitrogen and oxygen atoms in total. The van der Waals surface area contributed by atoms with Crippen LogP contribution in [0.1, 0.15) is 106 Å². The van der Waals surface area contributed by atoms with Crippen LogP contribution < -0.4 is 0 Å². The van der Waals surface area contributed by atoms with Crippen molar-refractivity contribution in [2.45, 2.75) is 106 Å². The Kier molecular flexibility index (Phi) is 18.0. The van der Waals surface area contributed by atoms with Crippen LogP contribution >= 0.6 is 0 Å². The van der Waals surface area contributed by atoms with E-state index in [1.807, 2.05) is 27.7 Å². The maximum atomic E-state index is 2.53. The van der Waals surface area contributed by atoms with Gasteiger partial charge in [-0.05, 0) is 17.8 Å². The van der Waals surface area contributed by atoms with Gasteiger partial charge in [0, 0.05) is 0 Å². The average molecular weight is 271 g/mol. The van der Waals surface area contributed by atoms with Crippen LogP contribution in [-0.4, -0.2) is 0 Å². The summed E-state index contributed by atoms with van der Waals surface area (Å²) >= 11 is 0. The first kappa shape index (κ1) is 21.3. The molecular weight excluding hydrogens is 228 g/mol. The van der Waals surface area contributed by atoms with Gasteiger partial charge in [0.1, 0.15) is 0 Å². The lowest BCUT2D eigenvalue weighted by molar-refractivity contribution is 0.176. The van der Waals surface area contributed by atoms with E-state index in [1.54, 1.807) is 0 Å². The van der Waals surface area contributed by atoms with Crippen LogP contribution in [-0.2, 0) is 0 Å². The summed E-state index contributed by atoms with van der Waals surface area (Å²) in [6.45, 7) is 15.2. The topological polar surface area (TPSA) is 0 Å². The van der Waals surface area contributed by atoms with Crippen molar-refractivity contribution in [3.8, 4) is 0 Å². The molecule has 0 aromatic carbocycles. The minimum absolute atomic E-state index is 0.991. The normalized spacial score (nSPS) is 17.1. The fourth-order valence-corrected chi connectivity index (χ4v) is 3.46. The Morgan fingerprint density at radius 1 is 0.789 bits per heavy atom. The van der Waals surface area contributed by atoms with E-state index < -0.39 is 0 Å². The molecule has 1 rings (SSSR count). The molecule has 1 aliphatic carbocycles. The molecule has 1 unspecified atom stereocenters. The first-order valence-electron chi connectivity index (χ1n) is 9.29. The lowest BCUT2D eigenvalue weighted by Gasteiger charge is -2.33. The van der Waals surface area contributed by atoms with Gasteiger partial charge in [0.25, 0.3) is 0 Å². The van der Waals surface area contributed by atoms with Crippen molar-refractivity contribution < 1.29 is 0 Å². The molecule has 0 heteroatoms. The van der Waals surface area contributed by atoms with Gasteiger partial charge in [-0.25, -0.2) is 0 Å². The molecule has 0 heterocycles. The van der Waals surface area contributed by atoms with Crippen molar-refractivity contribution in [2.75, 3.05) is 0 Å². The van der Waals surface area contributed by atoms with Crippen molar-refractivity contribution in [2.24, 2.45) is 17.8 Å². The second kappa shape index (κ2) is 16.1. The second-order valence-corrected chi connectivity index (χ2v) is 5.59. The third-order valence-corrected chi connectivity index (χ3v) is 4.46.